The maximum absolute atomic E-state index is 2.53. The van der Waals surface area contributed by atoms with Gasteiger partial charge in [-0.15, -0.1) is 0 Å². The fourth-order valence-corrected chi connectivity index (χ4v) is 10.5. The van der Waals surface area contributed by atoms with E-state index in [-0.39, 0.29) is 30.2 Å². The molecule has 3 heteroatoms. The van der Waals surface area contributed by atoms with Crippen molar-refractivity contribution in [3.8, 4) is 0 Å². The molecule has 0 saturated heterocycles. The minimum absolute atomic E-state index is 0. The second kappa shape index (κ2) is 13.1. The van der Waals surface area contributed by atoms with Crippen molar-refractivity contribution in [2.75, 3.05) is 0 Å². The molecule has 3 aromatic rings. The van der Waals surface area contributed by atoms with E-state index >= 15 is 0 Å². The van der Waals surface area contributed by atoms with Crippen LogP contribution < -0.4 is 35.3 Å². The van der Waals surface area contributed by atoms with Crippen molar-refractivity contribution in [2.24, 2.45) is 11.3 Å². The Morgan fingerprint density at radius 3 is 2.00 bits per heavy atom. The third-order valence-corrected chi connectivity index (χ3v) is 13.0. The Balaban J connectivity index is 0.00000202. The number of aryl methyl sites for hydroxylation is 1. The van der Waals surface area contributed by atoms with Gasteiger partial charge in [0.15, 0.2) is 0 Å². The molecule has 1 unspecified atom stereocenters. The summed E-state index contributed by atoms with van der Waals surface area (Å²) in [6, 6.07) is 27.3. The van der Waals surface area contributed by atoms with Gasteiger partial charge < -0.3 is 24.8 Å². The van der Waals surface area contributed by atoms with E-state index in [2.05, 4.69) is 145 Å². The number of fused-ring (bicyclic) bond motifs is 2. The van der Waals surface area contributed by atoms with Crippen molar-refractivity contribution in [1.29, 1.82) is 0 Å². The summed E-state index contributed by atoms with van der Waals surface area (Å²) >= 11 is -1.28. The Hall–Kier alpha value is -2.31. The number of halogens is 2. The fraction of sp³-hybridized carbons (Fsp3) is 0.256. The van der Waals surface area contributed by atoms with E-state index in [9.17, 15) is 0 Å². The average molecular weight is 670 g/mol. The van der Waals surface area contributed by atoms with Crippen molar-refractivity contribution in [3.05, 3.63) is 153 Å². The second-order valence-electron chi connectivity index (χ2n) is 12.3. The van der Waals surface area contributed by atoms with E-state index in [1.165, 1.54) is 43.8 Å². The van der Waals surface area contributed by atoms with E-state index in [1.54, 1.807) is 17.6 Å². The quantitative estimate of drug-likeness (QED) is 0.378. The first-order valence-electron chi connectivity index (χ1n) is 14.7. The minimum Gasteiger partial charge on any atom is -1.00 e. The van der Waals surface area contributed by atoms with Gasteiger partial charge in [-0.3, -0.25) is 0 Å². The third kappa shape index (κ3) is 5.66. The molecular weight excluding hydrogens is 631 g/mol. The summed E-state index contributed by atoms with van der Waals surface area (Å²) in [4.78, 5) is 0. The van der Waals surface area contributed by atoms with Crippen LogP contribution >= 0.6 is 0 Å². The van der Waals surface area contributed by atoms with Gasteiger partial charge in [0.2, 0.25) is 0 Å². The van der Waals surface area contributed by atoms with E-state index in [4.69, 9.17) is 0 Å². The Kier molecular flexibility index (Phi) is 10.2. The van der Waals surface area contributed by atoms with Crippen LogP contribution in [0, 0.1) is 18.3 Å². The van der Waals surface area contributed by atoms with Crippen molar-refractivity contribution >= 4 is 12.1 Å². The molecule has 213 valence electrons. The average Bonchev–Trinajstić information content (AvgIpc) is 3.58. The van der Waals surface area contributed by atoms with Gasteiger partial charge in [0.05, 0.1) is 0 Å². The molecule has 0 nitrogen and oxygen atoms in total. The van der Waals surface area contributed by atoms with Crippen LogP contribution in [0.15, 0.2) is 120 Å². The molecule has 1 atom stereocenters. The molecule has 0 radical (unpaired) electrons. The number of benzene rings is 3. The van der Waals surface area contributed by atoms with Gasteiger partial charge in [0, 0.05) is 0 Å². The van der Waals surface area contributed by atoms with Crippen LogP contribution in [-0.2, 0) is 22.8 Å². The molecule has 0 heterocycles. The van der Waals surface area contributed by atoms with Crippen LogP contribution in [0.25, 0.3) is 8.85 Å². The summed E-state index contributed by atoms with van der Waals surface area (Å²) < 4.78 is 3.21. The summed E-state index contributed by atoms with van der Waals surface area (Å²) in [6.07, 6.45) is 13.0. The van der Waals surface area contributed by atoms with Gasteiger partial charge in [-0.1, -0.05) is 0 Å². The number of hydrogen-bond donors (Lipinski definition) is 0. The summed E-state index contributed by atoms with van der Waals surface area (Å²) in [5, 5.41) is 3.00. The smallest absolute Gasteiger partial charge is 1.00 e. The summed E-state index contributed by atoms with van der Waals surface area (Å²) in [7, 11) is 0. The van der Waals surface area contributed by atoms with E-state index < -0.39 is 22.8 Å². The second-order valence-corrected chi connectivity index (χ2v) is 15.4. The molecular formula is C39H39Cl2Zr. The number of allylic oxidation sites excluding steroid dienone is 8. The largest absolute Gasteiger partial charge is 1.00 e. The van der Waals surface area contributed by atoms with Crippen molar-refractivity contribution in [1.82, 2.24) is 0 Å². The SMILES string of the molecule is Cc1cc(C(C)C)c2c(c1)=[C]([Zr+2]=[C](c1ccccc1)c1ccccc1)C1=C(C3=CC=CC3)C(C)(C(C)C)C=CC=21.[Cl-].[Cl-]. The van der Waals surface area contributed by atoms with Crippen LogP contribution in [0.5, 0.6) is 0 Å². The predicted molar refractivity (Wildman–Crippen MR) is 168 cm³/mol. The van der Waals surface area contributed by atoms with Gasteiger partial charge >= 0.3 is 253 Å². The van der Waals surface area contributed by atoms with Crippen molar-refractivity contribution < 1.29 is 47.6 Å². The van der Waals surface area contributed by atoms with Crippen molar-refractivity contribution in [3.63, 3.8) is 0 Å². The molecule has 0 aromatic heterocycles. The summed E-state index contributed by atoms with van der Waals surface area (Å²) in [5.74, 6) is 0.976. The summed E-state index contributed by atoms with van der Waals surface area (Å²) in [5.41, 5.74) is 11.7. The Labute approximate surface area is 275 Å². The standard InChI is InChI=1S/C26H29.C13H10.2ClH.Zr/c1-16(2)22-14-18(5)13-20-15-23-21(24(20)22)11-12-26(6,17(3)4)25(23)19-9-7-8-10-19;1-3-7-12(8-4-1)11-13-9-5-2-6-10-13;;;/h7-9,11-14,16-17H,10H2,1-6H3;1-10H;2*1H;/q;;;;+2/p-2. The molecule has 0 saturated carbocycles. The van der Waals surface area contributed by atoms with E-state index in [0.29, 0.717) is 11.8 Å². The molecule has 0 N–H and O–H groups in total. The molecule has 0 spiro atoms. The Morgan fingerprint density at radius 2 is 1.48 bits per heavy atom. The molecule has 0 bridgehead atoms. The first kappa shape index (κ1) is 32.6. The van der Waals surface area contributed by atoms with Crippen LogP contribution in [0.2, 0.25) is 0 Å². The topological polar surface area (TPSA) is 0 Å². The first-order chi connectivity index (χ1) is 19.3. The molecule has 0 fully saturated rings. The van der Waals surface area contributed by atoms with Crippen LogP contribution in [0.4, 0.5) is 0 Å². The number of rotatable bonds is 6. The predicted octanol–water partition coefficient (Wildman–Crippen LogP) is 2.17. The Morgan fingerprint density at radius 1 is 0.857 bits per heavy atom. The molecule has 0 amide bonds. The first-order valence-corrected chi connectivity index (χ1v) is 17.2. The van der Waals surface area contributed by atoms with Gasteiger partial charge in [0.25, 0.3) is 0 Å². The molecule has 42 heavy (non-hydrogen) atoms. The Bertz CT molecular complexity index is 1730. The third-order valence-electron chi connectivity index (χ3n) is 9.04. The molecule has 3 aliphatic rings. The van der Waals surface area contributed by atoms with Gasteiger partial charge in [0.1, 0.15) is 0 Å². The zero-order valence-corrected chi connectivity index (χ0v) is 29.4. The minimum atomic E-state index is -1.28. The van der Waals surface area contributed by atoms with E-state index in [0.717, 1.165) is 6.42 Å². The van der Waals surface area contributed by atoms with Crippen LogP contribution in [0.3, 0.4) is 0 Å². The van der Waals surface area contributed by atoms with Crippen LogP contribution in [-0.4, -0.2) is 3.21 Å². The zero-order chi connectivity index (χ0) is 28.0. The van der Waals surface area contributed by atoms with Gasteiger partial charge in [-0.25, -0.2) is 0 Å². The fourth-order valence-electron chi connectivity index (χ4n) is 6.59. The molecule has 3 aliphatic carbocycles. The molecule has 3 aromatic carbocycles. The normalized spacial score (nSPS) is 18.4. The maximum atomic E-state index is 2.53. The number of hydrogen-bond acceptors (Lipinski definition) is 0. The van der Waals surface area contributed by atoms with Crippen LogP contribution in [0.1, 0.15) is 69.2 Å². The van der Waals surface area contributed by atoms with Gasteiger partial charge in [-0.2, -0.15) is 0 Å². The monoisotopic (exact) mass is 667 g/mol. The zero-order valence-electron chi connectivity index (χ0n) is 25.4. The molecule has 0 aliphatic heterocycles. The summed E-state index contributed by atoms with van der Waals surface area (Å²) in [6.45, 7) is 14.3. The maximum Gasteiger partial charge on any atom is -1.00 e. The molecule has 6 rings (SSSR count). The van der Waals surface area contributed by atoms with Crippen molar-refractivity contribution in [2.45, 2.75) is 53.9 Å². The van der Waals surface area contributed by atoms with Gasteiger partial charge in [-0.05, 0) is 0 Å². The van der Waals surface area contributed by atoms with E-state index in [1.807, 2.05) is 0 Å².